The fourth-order valence-corrected chi connectivity index (χ4v) is 7.28. The molecule has 3 aliphatic heterocycles. The molecule has 4 amide bonds. The number of nitrogens with one attached hydrogen (secondary N) is 1. The van der Waals surface area contributed by atoms with E-state index in [1.165, 1.54) is 27.2 Å². The van der Waals surface area contributed by atoms with Crippen LogP contribution in [0.15, 0.2) is 17.5 Å². The molecule has 3 aliphatic rings. The molecule has 38 heavy (non-hydrogen) atoms. The topological polar surface area (TPSA) is 150 Å². The predicted octanol–water partition coefficient (Wildman–Crippen LogP) is 0.998. The Kier molecular flexibility index (Phi) is 9.11. The van der Waals surface area contributed by atoms with Gasteiger partial charge in [-0.05, 0) is 56.7 Å². The molecule has 3 N–H and O–H groups in total. The van der Waals surface area contributed by atoms with Crippen molar-refractivity contribution in [3.05, 3.63) is 26.8 Å². The minimum atomic E-state index is -3.91. The van der Waals surface area contributed by atoms with E-state index in [4.69, 9.17) is 17.3 Å². The van der Waals surface area contributed by atoms with Gasteiger partial charge in [0.05, 0.1) is 16.8 Å². The highest BCUT2D eigenvalue weighted by Gasteiger charge is 2.40. The number of nitrogens with zero attached hydrogens (tertiary/aromatic N) is 3. The number of primary amides is 1. The number of piperidine rings is 2. The number of rotatable bonds is 8. The lowest BCUT2D eigenvalue weighted by Crippen LogP contribution is -2.56. The lowest BCUT2D eigenvalue weighted by Gasteiger charge is -2.36. The third-order valence-electron chi connectivity index (χ3n) is 7.16. The Bertz CT molecular complexity index is 1220. The fraction of sp³-hybridized carbons (Fsp3) is 0.583. The molecule has 0 aliphatic carbocycles. The molecule has 14 heteroatoms. The maximum absolute atomic E-state index is 13.2. The summed E-state index contributed by atoms with van der Waals surface area (Å²) in [6.45, 7) is 1.27. The van der Waals surface area contributed by atoms with Gasteiger partial charge in [0.1, 0.15) is 12.1 Å². The van der Waals surface area contributed by atoms with Gasteiger partial charge in [-0.2, -0.15) is 4.72 Å². The average Bonchev–Trinajstić information content (AvgIpc) is 3.54. The number of thiophene rings is 1. The summed E-state index contributed by atoms with van der Waals surface area (Å²) < 4.78 is 28.1. The molecule has 0 radical (unpaired) electrons. The quantitative estimate of drug-likeness (QED) is 0.464. The van der Waals surface area contributed by atoms with Crippen LogP contribution < -0.4 is 10.5 Å². The number of sulfonamides is 1. The van der Waals surface area contributed by atoms with Crippen LogP contribution in [-0.4, -0.2) is 91.6 Å². The smallest absolute Gasteiger partial charge is 0.245 e. The summed E-state index contributed by atoms with van der Waals surface area (Å²) in [5.74, 6) is -1.83. The minimum absolute atomic E-state index is 0.198. The van der Waals surface area contributed by atoms with E-state index in [1.807, 2.05) is 0 Å². The molecular weight excluding hydrogens is 554 g/mol. The van der Waals surface area contributed by atoms with Crippen molar-refractivity contribution in [3.63, 3.8) is 0 Å². The van der Waals surface area contributed by atoms with E-state index in [9.17, 15) is 27.6 Å². The molecule has 3 saturated heterocycles. The molecule has 1 aromatic heterocycles. The van der Waals surface area contributed by atoms with Crippen molar-refractivity contribution in [2.45, 2.75) is 50.6 Å². The van der Waals surface area contributed by atoms with E-state index in [-0.39, 0.29) is 30.8 Å². The van der Waals surface area contributed by atoms with Crippen molar-refractivity contribution >= 4 is 62.7 Å². The maximum atomic E-state index is 13.2. The van der Waals surface area contributed by atoms with Gasteiger partial charge in [-0.25, -0.2) is 8.42 Å². The fourth-order valence-electron chi connectivity index (χ4n) is 5.22. The largest absolute Gasteiger partial charge is 0.369 e. The summed E-state index contributed by atoms with van der Waals surface area (Å²) in [5, 5.41) is 0.996. The van der Waals surface area contributed by atoms with Crippen molar-refractivity contribution in [1.29, 1.82) is 0 Å². The van der Waals surface area contributed by atoms with Crippen molar-refractivity contribution in [2.75, 3.05) is 32.7 Å². The zero-order chi connectivity index (χ0) is 27.4. The van der Waals surface area contributed by atoms with E-state index >= 15 is 0 Å². The number of halogens is 1. The molecular formula is C24H32ClN5O6S2. The lowest BCUT2D eigenvalue weighted by atomic mass is 9.96. The molecule has 4 heterocycles. The van der Waals surface area contributed by atoms with Crippen LogP contribution in [0.1, 0.15) is 43.4 Å². The molecule has 3 atom stereocenters. The first-order valence-electron chi connectivity index (χ1n) is 12.7. The van der Waals surface area contributed by atoms with Gasteiger partial charge in [0.25, 0.3) is 0 Å². The van der Waals surface area contributed by atoms with Crippen LogP contribution in [0, 0.1) is 5.92 Å². The second-order valence-electron chi connectivity index (χ2n) is 9.83. The van der Waals surface area contributed by atoms with E-state index < -0.39 is 33.9 Å². The summed E-state index contributed by atoms with van der Waals surface area (Å²) in [6.07, 6.45) is 4.76. The number of carbonyl (C=O) groups is 4. The van der Waals surface area contributed by atoms with Crippen molar-refractivity contribution in [2.24, 2.45) is 11.7 Å². The van der Waals surface area contributed by atoms with Crippen LogP contribution in [-0.2, 0) is 29.2 Å². The van der Waals surface area contributed by atoms with Crippen LogP contribution in [0.25, 0.3) is 6.08 Å². The first-order chi connectivity index (χ1) is 18.0. The molecule has 4 rings (SSSR count). The second-order valence-corrected chi connectivity index (χ2v) is 13.2. The average molecular weight is 586 g/mol. The Labute approximate surface area is 231 Å². The molecule has 0 aromatic carbocycles. The Hall–Kier alpha value is -2.48. The Morgan fingerprint density at radius 2 is 1.84 bits per heavy atom. The van der Waals surface area contributed by atoms with E-state index in [0.29, 0.717) is 67.4 Å². The van der Waals surface area contributed by atoms with Crippen molar-refractivity contribution in [3.8, 4) is 0 Å². The normalized spacial score (nSPS) is 24.8. The number of carbonyl (C=O) groups excluding carboxylic acids is 4. The highest BCUT2D eigenvalue weighted by Crippen LogP contribution is 2.25. The van der Waals surface area contributed by atoms with Gasteiger partial charge in [0.2, 0.25) is 33.7 Å². The summed E-state index contributed by atoms with van der Waals surface area (Å²) >= 11 is 7.10. The minimum Gasteiger partial charge on any atom is -0.369 e. The predicted molar refractivity (Wildman–Crippen MR) is 143 cm³/mol. The second kappa shape index (κ2) is 12.1. The zero-order valence-corrected chi connectivity index (χ0v) is 23.3. The maximum Gasteiger partial charge on any atom is 0.245 e. The highest BCUT2D eigenvalue weighted by atomic mass is 35.5. The number of likely N-dealkylation sites (tertiary alicyclic amines) is 3. The van der Waals surface area contributed by atoms with Crippen LogP contribution >= 0.6 is 22.9 Å². The molecule has 0 saturated carbocycles. The molecule has 3 fully saturated rings. The van der Waals surface area contributed by atoms with E-state index in [1.54, 1.807) is 17.0 Å². The van der Waals surface area contributed by atoms with E-state index in [2.05, 4.69) is 4.72 Å². The third-order valence-corrected chi connectivity index (χ3v) is 9.47. The summed E-state index contributed by atoms with van der Waals surface area (Å²) in [7, 11) is -3.91. The van der Waals surface area contributed by atoms with Crippen LogP contribution in [0.4, 0.5) is 0 Å². The SMILES string of the molecule is NC(=O)C1CCCN(C(=O)[C@@H]2CCCN2C(=O)CN2CCC[C@H](NS(=O)(=O)C=Cc3ccc(Cl)s3)C2=O)C1. The lowest BCUT2D eigenvalue weighted by molar-refractivity contribution is -0.148. The highest BCUT2D eigenvalue weighted by molar-refractivity contribution is 7.92. The molecule has 0 bridgehead atoms. The van der Waals surface area contributed by atoms with Gasteiger partial charge in [-0.1, -0.05) is 11.6 Å². The molecule has 208 valence electrons. The molecule has 1 aromatic rings. The van der Waals surface area contributed by atoms with Crippen molar-refractivity contribution in [1.82, 2.24) is 19.4 Å². The standard InChI is InChI=1S/C24H32ClN5O6S2/c25-20-8-7-17(37-20)9-13-38(35,36)27-18-5-2-11-29(23(18)33)15-21(31)30-12-3-6-19(30)24(34)28-10-1-4-16(14-28)22(26)32/h7-9,13,16,18-19,27H,1-6,10-12,14-15H2,(H2,26,32)/t16?,18-,19-/m0/s1. The number of nitrogens with two attached hydrogens (primary N) is 1. The van der Waals surface area contributed by atoms with Gasteiger partial charge in [0.15, 0.2) is 0 Å². The van der Waals surface area contributed by atoms with Crippen LogP contribution in [0.5, 0.6) is 0 Å². The summed E-state index contributed by atoms with van der Waals surface area (Å²) in [5.41, 5.74) is 5.44. The zero-order valence-electron chi connectivity index (χ0n) is 20.9. The van der Waals surface area contributed by atoms with Crippen molar-refractivity contribution < 1.29 is 27.6 Å². The Morgan fingerprint density at radius 3 is 2.55 bits per heavy atom. The monoisotopic (exact) mass is 585 g/mol. The van der Waals surface area contributed by atoms with E-state index in [0.717, 1.165) is 5.41 Å². The number of hydrogen-bond donors (Lipinski definition) is 2. The number of amides is 4. The summed E-state index contributed by atoms with van der Waals surface area (Å²) in [4.78, 5) is 56.2. The first kappa shape index (κ1) is 28.5. The molecule has 0 spiro atoms. The molecule has 1 unspecified atom stereocenters. The molecule has 11 nitrogen and oxygen atoms in total. The Balaban J connectivity index is 1.35. The van der Waals surface area contributed by atoms with Gasteiger partial charge in [-0.3, -0.25) is 19.2 Å². The van der Waals surface area contributed by atoms with Crippen LogP contribution in [0.3, 0.4) is 0 Å². The first-order valence-corrected chi connectivity index (χ1v) is 15.4. The van der Waals surface area contributed by atoms with Gasteiger partial charge in [0, 0.05) is 36.5 Å². The van der Waals surface area contributed by atoms with Gasteiger partial charge < -0.3 is 20.4 Å². The summed E-state index contributed by atoms with van der Waals surface area (Å²) in [6, 6.07) is 1.73. The third kappa shape index (κ3) is 6.93. The van der Waals surface area contributed by atoms with Gasteiger partial charge in [-0.15, -0.1) is 11.3 Å². The van der Waals surface area contributed by atoms with Gasteiger partial charge >= 0.3 is 0 Å². The Morgan fingerprint density at radius 1 is 1.11 bits per heavy atom. The van der Waals surface area contributed by atoms with Crippen LogP contribution in [0.2, 0.25) is 4.34 Å². The number of hydrogen-bond acceptors (Lipinski definition) is 7.